The lowest BCUT2D eigenvalue weighted by Gasteiger charge is -2.25. The van der Waals surface area contributed by atoms with Gasteiger partial charge in [-0.15, -0.1) is 0 Å². The van der Waals surface area contributed by atoms with Crippen molar-refractivity contribution in [3.63, 3.8) is 0 Å². The van der Waals surface area contributed by atoms with E-state index in [0.29, 0.717) is 24.0 Å². The third kappa shape index (κ3) is 1.41. The Morgan fingerprint density at radius 2 is 2.22 bits per heavy atom. The predicted octanol–water partition coefficient (Wildman–Crippen LogP) is 2.01. The van der Waals surface area contributed by atoms with Crippen molar-refractivity contribution in [1.82, 2.24) is 4.57 Å². The number of rotatable bonds is 0. The number of benzene rings is 1. The SMILES string of the molecule is CC1CCOc2c1c1cc(N)ccc1n(C)c2=O. The zero-order chi connectivity index (χ0) is 12.9. The number of aromatic nitrogens is 1. The number of nitrogens with zero attached hydrogens (tertiary/aromatic N) is 1. The summed E-state index contributed by atoms with van der Waals surface area (Å²) < 4.78 is 7.21. The Balaban J connectivity index is 2.51. The number of hydrogen-bond donors (Lipinski definition) is 1. The van der Waals surface area contributed by atoms with Crippen LogP contribution in [0.1, 0.15) is 24.8 Å². The van der Waals surface area contributed by atoms with E-state index in [1.54, 1.807) is 11.6 Å². The average molecular weight is 244 g/mol. The number of nitrogens with two attached hydrogens (primary N) is 1. The summed E-state index contributed by atoms with van der Waals surface area (Å²) >= 11 is 0. The van der Waals surface area contributed by atoms with Gasteiger partial charge in [-0.1, -0.05) is 6.92 Å². The summed E-state index contributed by atoms with van der Waals surface area (Å²) in [7, 11) is 1.77. The molecule has 0 fully saturated rings. The molecule has 4 heteroatoms. The van der Waals surface area contributed by atoms with E-state index in [2.05, 4.69) is 6.92 Å². The molecule has 0 spiro atoms. The summed E-state index contributed by atoms with van der Waals surface area (Å²) in [4.78, 5) is 12.3. The van der Waals surface area contributed by atoms with Gasteiger partial charge in [0.25, 0.3) is 5.56 Å². The average Bonchev–Trinajstić information content (AvgIpc) is 2.35. The Labute approximate surface area is 105 Å². The minimum absolute atomic E-state index is 0.0613. The fourth-order valence-electron chi connectivity index (χ4n) is 2.67. The first-order chi connectivity index (χ1) is 8.59. The Morgan fingerprint density at radius 1 is 1.44 bits per heavy atom. The van der Waals surface area contributed by atoms with Crippen LogP contribution >= 0.6 is 0 Å². The molecular weight excluding hydrogens is 228 g/mol. The van der Waals surface area contributed by atoms with Crippen molar-refractivity contribution >= 4 is 16.6 Å². The van der Waals surface area contributed by atoms with Crippen molar-refractivity contribution in [3.8, 4) is 5.75 Å². The molecule has 0 saturated carbocycles. The minimum Gasteiger partial charge on any atom is -0.488 e. The maximum absolute atomic E-state index is 12.3. The van der Waals surface area contributed by atoms with Crippen LogP contribution in [0.2, 0.25) is 0 Å². The molecule has 1 aromatic carbocycles. The van der Waals surface area contributed by atoms with Crippen molar-refractivity contribution < 1.29 is 4.74 Å². The van der Waals surface area contributed by atoms with Crippen LogP contribution in [0.4, 0.5) is 5.69 Å². The highest BCUT2D eigenvalue weighted by Crippen LogP contribution is 2.36. The number of pyridine rings is 1. The molecule has 2 N–H and O–H groups in total. The number of ether oxygens (including phenoxy) is 1. The second kappa shape index (κ2) is 3.77. The highest BCUT2D eigenvalue weighted by Gasteiger charge is 2.24. The standard InChI is InChI=1S/C14H16N2O2/c1-8-5-6-18-13-12(8)10-7-9(15)3-4-11(10)16(2)14(13)17/h3-4,7-8H,5-6,15H2,1-2H3. The lowest BCUT2D eigenvalue weighted by Crippen LogP contribution is -2.26. The smallest absolute Gasteiger partial charge is 0.293 e. The van der Waals surface area contributed by atoms with Gasteiger partial charge in [0.15, 0.2) is 5.75 Å². The quantitative estimate of drug-likeness (QED) is 0.721. The molecule has 18 heavy (non-hydrogen) atoms. The van der Waals surface area contributed by atoms with E-state index < -0.39 is 0 Å². The van der Waals surface area contributed by atoms with Gasteiger partial charge < -0.3 is 15.0 Å². The van der Waals surface area contributed by atoms with Gasteiger partial charge >= 0.3 is 0 Å². The molecule has 0 saturated heterocycles. The van der Waals surface area contributed by atoms with Gasteiger partial charge in [-0.2, -0.15) is 0 Å². The Hall–Kier alpha value is -1.97. The zero-order valence-electron chi connectivity index (χ0n) is 10.6. The number of hydrogen-bond acceptors (Lipinski definition) is 3. The number of fused-ring (bicyclic) bond motifs is 3. The summed E-state index contributed by atoms with van der Waals surface area (Å²) in [5, 5.41) is 1.03. The lowest BCUT2D eigenvalue weighted by molar-refractivity contribution is 0.268. The van der Waals surface area contributed by atoms with Gasteiger partial charge in [-0.05, 0) is 30.5 Å². The molecule has 4 nitrogen and oxygen atoms in total. The van der Waals surface area contributed by atoms with Crippen LogP contribution in [-0.4, -0.2) is 11.2 Å². The van der Waals surface area contributed by atoms with Crippen LogP contribution < -0.4 is 16.0 Å². The van der Waals surface area contributed by atoms with Crippen LogP contribution in [0.15, 0.2) is 23.0 Å². The monoisotopic (exact) mass is 244 g/mol. The molecule has 1 atom stereocenters. The zero-order valence-corrected chi connectivity index (χ0v) is 10.6. The molecule has 94 valence electrons. The first kappa shape index (κ1) is 11.1. The third-order valence-electron chi connectivity index (χ3n) is 3.71. The molecule has 1 unspecified atom stereocenters. The van der Waals surface area contributed by atoms with Crippen LogP contribution in [0, 0.1) is 0 Å². The first-order valence-electron chi connectivity index (χ1n) is 6.14. The van der Waals surface area contributed by atoms with E-state index in [9.17, 15) is 4.79 Å². The van der Waals surface area contributed by atoms with Crippen molar-refractivity contribution in [2.75, 3.05) is 12.3 Å². The number of aryl methyl sites for hydroxylation is 1. The highest BCUT2D eigenvalue weighted by molar-refractivity contribution is 5.88. The topological polar surface area (TPSA) is 57.2 Å². The van der Waals surface area contributed by atoms with Crippen molar-refractivity contribution in [2.45, 2.75) is 19.3 Å². The predicted molar refractivity (Wildman–Crippen MR) is 72.1 cm³/mol. The minimum atomic E-state index is -0.0613. The third-order valence-corrected chi connectivity index (χ3v) is 3.71. The van der Waals surface area contributed by atoms with Gasteiger partial charge in [0.1, 0.15) is 0 Å². The normalized spacial score (nSPS) is 18.4. The molecule has 0 aliphatic carbocycles. The van der Waals surface area contributed by atoms with Crippen molar-refractivity contribution in [2.24, 2.45) is 7.05 Å². The molecule has 2 aromatic rings. The summed E-state index contributed by atoms with van der Waals surface area (Å²) in [6, 6.07) is 5.65. The Bertz CT molecular complexity index is 688. The summed E-state index contributed by atoms with van der Waals surface area (Å²) in [5.41, 5.74) is 8.42. The maximum atomic E-state index is 12.3. The summed E-state index contributed by atoms with van der Waals surface area (Å²) in [6.07, 6.45) is 0.935. The van der Waals surface area contributed by atoms with E-state index in [0.717, 1.165) is 22.9 Å². The molecule has 1 aliphatic heterocycles. The van der Waals surface area contributed by atoms with E-state index in [4.69, 9.17) is 10.5 Å². The van der Waals surface area contributed by atoms with Gasteiger partial charge in [-0.25, -0.2) is 0 Å². The summed E-state index contributed by atoms with van der Waals surface area (Å²) in [5.74, 6) is 0.821. The van der Waals surface area contributed by atoms with E-state index in [-0.39, 0.29) is 5.56 Å². The lowest BCUT2D eigenvalue weighted by atomic mass is 9.92. The van der Waals surface area contributed by atoms with E-state index in [1.807, 2.05) is 18.2 Å². The molecule has 1 aliphatic rings. The van der Waals surface area contributed by atoms with Crippen molar-refractivity contribution in [1.29, 1.82) is 0 Å². The van der Waals surface area contributed by atoms with Crippen molar-refractivity contribution in [3.05, 3.63) is 34.1 Å². The maximum Gasteiger partial charge on any atom is 0.293 e. The van der Waals surface area contributed by atoms with Crippen LogP contribution in [0.3, 0.4) is 0 Å². The van der Waals surface area contributed by atoms with Gasteiger partial charge in [0.05, 0.1) is 12.1 Å². The molecular formula is C14H16N2O2. The van der Waals surface area contributed by atoms with E-state index in [1.165, 1.54) is 0 Å². The molecule has 3 rings (SSSR count). The Morgan fingerprint density at radius 3 is 3.00 bits per heavy atom. The largest absolute Gasteiger partial charge is 0.488 e. The molecule has 0 amide bonds. The molecule has 1 aromatic heterocycles. The number of anilines is 1. The molecule has 0 bridgehead atoms. The van der Waals surface area contributed by atoms with Crippen LogP contribution in [0.25, 0.3) is 10.9 Å². The first-order valence-corrected chi connectivity index (χ1v) is 6.14. The van der Waals surface area contributed by atoms with E-state index >= 15 is 0 Å². The molecule has 2 heterocycles. The fraction of sp³-hybridized carbons (Fsp3) is 0.357. The highest BCUT2D eigenvalue weighted by atomic mass is 16.5. The second-order valence-electron chi connectivity index (χ2n) is 4.92. The molecule has 0 radical (unpaired) electrons. The van der Waals surface area contributed by atoms with Gasteiger partial charge in [-0.3, -0.25) is 4.79 Å². The fourth-order valence-corrected chi connectivity index (χ4v) is 2.67. The number of nitrogen functional groups attached to an aromatic ring is 1. The van der Waals surface area contributed by atoms with Crippen LogP contribution in [0.5, 0.6) is 5.75 Å². The second-order valence-corrected chi connectivity index (χ2v) is 4.92. The Kier molecular flexibility index (Phi) is 2.33. The van der Waals surface area contributed by atoms with Gasteiger partial charge in [0.2, 0.25) is 0 Å². The van der Waals surface area contributed by atoms with Gasteiger partial charge in [0, 0.05) is 23.7 Å². The summed E-state index contributed by atoms with van der Waals surface area (Å²) in [6.45, 7) is 2.74. The van der Waals surface area contributed by atoms with Crippen LogP contribution in [-0.2, 0) is 7.05 Å².